The van der Waals surface area contributed by atoms with Crippen LogP contribution in [-0.2, 0) is 4.79 Å². The minimum Gasteiger partial charge on any atom is -0.480 e. The third kappa shape index (κ3) is 5.16. The molecule has 1 fully saturated rings. The minimum atomic E-state index is -0.746. The van der Waals surface area contributed by atoms with Gasteiger partial charge in [-0.3, -0.25) is 14.6 Å². The zero-order valence-electron chi connectivity index (χ0n) is 8.73. The Morgan fingerprint density at radius 2 is 1.93 bits per heavy atom. The van der Waals surface area contributed by atoms with Crippen molar-refractivity contribution in [3.8, 4) is 0 Å². The summed E-state index contributed by atoms with van der Waals surface area (Å²) in [7, 11) is 0. The van der Waals surface area contributed by atoms with Crippen LogP contribution in [0.25, 0.3) is 0 Å². The van der Waals surface area contributed by atoms with Crippen molar-refractivity contribution in [2.45, 2.75) is 6.42 Å². The fraction of sp³-hybridized carbons (Fsp3) is 0.700. The van der Waals surface area contributed by atoms with Gasteiger partial charge in [0, 0.05) is 31.7 Å². The van der Waals surface area contributed by atoms with Gasteiger partial charge >= 0.3 is 5.97 Å². The Morgan fingerprint density at radius 3 is 2.60 bits per heavy atom. The molecule has 0 bridgehead atoms. The van der Waals surface area contributed by atoms with E-state index in [9.17, 15) is 4.79 Å². The normalized spacial score (nSPS) is 20.6. The first-order valence-electron chi connectivity index (χ1n) is 5.14. The second-order valence-corrected chi connectivity index (χ2v) is 3.94. The van der Waals surface area contributed by atoms with Crippen LogP contribution in [0.4, 0.5) is 0 Å². The molecule has 15 heavy (non-hydrogen) atoms. The molecule has 5 heteroatoms. The summed E-state index contributed by atoms with van der Waals surface area (Å²) >= 11 is 5.46. The number of carboxylic acid groups (broad SMARTS) is 1. The van der Waals surface area contributed by atoms with Gasteiger partial charge in [-0.2, -0.15) is 0 Å². The Kier molecular flexibility index (Phi) is 5.68. The van der Waals surface area contributed by atoms with Gasteiger partial charge in [0.25, 0.3) is 0 Å². The Bertz CT molecular complexity index is 233. The van der Waals surface area contributed by atoms with Crippen molar-refractivity contribution in [1.82, 2.24) is 9.80 Å². The molecule has 4 nitrogen and oxygen atoms in total. The van der Waals surface area contributed by atoms with Gasteiger partial charge < -0.3 is 5.11 Å². The van der Waals surface area contributed by atoms with E-state index in [1.54, 1.807) is 0 Å². The first kappa shape index (κ1) is 12.5. The second kappa shape index (κ2) is 6.82. The number of aliphatic carboxylic acids is 1. The van der Waals surface area contributed by atoms with Gasteiger partial charge in [-0.15, -0.1) is 0 Å². The molecule has 1 saturated heterocycles. The lowest BCUT2D eigenvalue weighted by molar-refractivity contribution is -0.138. The van der Waals surface area contributed by atoms with Gasteiger partial charge in [-0.25, -0.2) is 0 Å². The molecule has 0 saturated carbocycles. The predicted octanol–water partition coefficient (Wildman–Crippen LogP) is 0.831. The molecule has 0 aromatic carbocycles. The number of hydrogen-bond acceptors (Lipinski definition) is 3. The summed E-state index contributed by atoms with van der Waals surface area (Å²) in [4.78, 5) is 14.8. The van der Waals surface area contributed by atoms with Crippen LogP contribution in [-0.4, -0.2) is 60.1 Å². The summed E-state index contributed by atoms with van der Waals surface area (Å²) in [6, 6.07) is 0. The summed E-state index contributed by atoms with van der Waals surface area (Å²) in [6.07, 6.45) is 2.93. The highest BCUT2D eigenvalue weighted by Crippen LogP contribution is 2.02. The van der Waals surface area contributed by atoms with Crippen LogP contribution in [0.15, 0.2) is 11.6 Å². The van der Waals surface area contributed by atoms with E-state index in [-0.39, 0.29) is 6.54 Å². The molecule has 0 spiro atoms. The molecular formula is C10H17ClN2O2. The van der Waals surface area contributed by atoms with Crippen LogP contribution >= 0.6 is 11.6 Å². The standard InChI is InChI=1S/C10H17ClN2O2/c11-3-1-4-12-5-2-6-13(8-7-12)9-10(14)15/h1,3H,2,4-9H2,(H,14,15). The van der Waals surface area contributed by atoms with Gasteiger partial charge in [0.05, 0.1) is 6.54 Å². The van der Waals surface area contributed by atoms with Gasteiger partial charge in [-0.1, -0.05) is 17.7 Å². The maximum absolute atomic E-state index is 10.5. The number of nitrogens with zero attached hydrogens (tertiary/aromatic N) is 2. The highest BCUT2D eigenvalue weighted by Gasteiger charge is 2.15. The number of rotatable bonds is 4. The first-order chi connectivity index (χ1) is 7.22. The third-order valence-corrected chi connectivity index (χ3v) is 2.67. The number of halogens is 1. The van der Waals surface area contributed by atoms with Crippen molar-refractivity contribution in [3.63, 3.8) is 0 Å². The molecular weight excluding hydrogens is 216 g/mol. The molecule has 1 aliphatic rings. The summed E-state index contributed by atoms with van der Waals surface area (Å²) in [5, 5.41) is 8.68. The van der Waals surface area contributed by atoms with Crippen molar-refractivity contribution < 1.29 is 9.90 Å². The van der Waals surface area contributed by atoms with Crippen LogP contribution in [0, 0.1) is 0 Å². The predicted molar refractivity (Wildman–Crippen MR) is 60.1 cm³/mol. The maximum Gasteiger partial charge on any atom is 0.317 e. The van der Waals surface area contributed by atoms with Crippen molar-refractivity contribution >= 4 is 17.6 Å². The molecule has 0 atom stereocenters. The van der Waals surface area contributed by atoms with E-state index in [1.165, 1.54) is 5.54 Å². The van der Waals surface area contributed by atoms with E-state index < -0.39 is 5.97 Å². The van der Waals surface area contributed by atoms with Gasteiger partial charge in [0.15, 0.2) is 0 Å². The molecule has 0 radical (unpaired) electrons. The lowest BCUT2D eigenvalue weighted by Gasteiger charge is -2.19. The fourth-order valence-electron chi connectivity index (χ4n) is 1.75. The van der Waals surface area contributed by atoms with Crippen LogP contribution in [0.5, 0.6) is 0 Å². The number of hydrogen-bond donors (Lipinski definition) is 1. The Labute approximate surface area is 95.1 Å². The molecule has 86 valence electrons. The second-order valence-electron chi connectivity index (χ2n) is 3.69. The molecule has 1 heterocycles. The van der Waals surface area contributed by atoms with Crippen molar-refractivity contribution in [3.05, 3.63) is 11.6 Å². The SMILES string of the molecule is O=C(O)CN1CCCN(CC=CCl)CC1. The molecule has 0 unspecified atom stereocenters. The zero-order valence-corrected chi connectivity index (χ0v) is 9.49. The average Bonchev–Trinajstić information content (AvgIpc) is 2.40. The number of carbonyl (C=O) groups is 1. The highest BCUT2D eigenvalue weighted by molar-refractivity contribution is 6.25. The van der Waals surface area contributed by atoms with E-state index in [2.05, 4.69) is 4.90 Å². The van der Waals surface area contributed by atoms with E-state index >= 15 is 0 Å². The van der Waals surface area contributed by atoms with E-state index in [1.807, 2.05) is 11.0 Å². The molecule has 1 aliphatic heterocycles. The molecule has 0 aromatic heterocycles. The quantitative estimate of drug-likeness (QED) is 0.780. The molecule has 1 N–H and O–H groups in total. The minimum absolute atomic E-state index is 0.152. The molecule has 0 aliphatic carbocycles. The topological polar surface area (TPSA) is 43.8 Å². The van der Waals surface area contributed by atoms with Gasteiger partial charge in [0.1, 0.15) is 0 Å². The lowest BCUT2D eigenvalue weighted by atomic mass is 10.4. The zero-order chi connectivity index (χ0) is 11.1. The van der Waals surface area contributed by atoms with Crippen molar-refractivity contribution in [1.29, 1.82) is 0 Å². The summed E-state index contributed by atoms with van der Waals surface area (Å²) in [5.74, 6) is -0.746. The highest BCUT2D eigenvalue weighted by atomic mass is 35.5. The smallest absolute Gasteiger partial charge is 0.317 e. The summed E-state index contributed by atoms with van der Waals surface area (Å²) in [6.45, 7) is 4.62. The van der Waals surface area contributed by atoms with E-state index in [0.717, 1.165) is 39.1 Å². The maximum atomic E-state index is 10.5. The van der Waals surface area contributed by atoms with Crippen LogP contribution in [0.2, 0.25) is 0 Å². The van der Waals surface area contributed by atoms with E-state index in [0.29, 0.717) is 0 Å². The van der Waals surface area contributed by atoms with Gasteiger partial charge in [0.2, 0.25) is 0 Å². The third-order valence-electron chi connectivity index (χ3n) is 2.49. The first-order valence-corrected chi connectivity index (χ1v) is 5.57. The Hall–Kier alpha value is -0.580. The van der Waals surface area contributed by atoms with Crippen molar-refractivity contribution in [2.75, 3.05) is 39.3 Å². The Morgan fingerprint density at radius 1 is 1.27 bits per heavy atom. The average molecular weight is 233 g/mol. The van der Waals surface area contributed by atoms with Crippen molar-refractivity contribution in [2.24, 2.45) is 0 Å². The summed E-state index contributed by atoms with van der Waals surface area (Å²) in [5.41, 5.74) is 1.53. The monoisotopic (exact) mass is 232 g/mol. The van der Waals surface area contributed by atoms with Gasteiger partial charge in [-0.05, 0) is 13.0 Å². The fourth-order valence-corrected chi connectivity index (χ4v) is 1.82. The molecule has 0 amide bonds. The Balaban J connectivity index is 2.31. The lowest BCUT2D eigenvalue weighted by Crippen LogP contribution is -2.34. The summed E-state index contributed by atoms with van der Waals surface area (Å²) < 4.78 is 0. The van der Waals surface area contributed by atoms with Crippen LogP contribution in [0.3, 0.4) is 0 Å². The molecule has 0 aromatic rings. The largest absolute Gasteiger partial charge is 0.480 e. The van der Waals surface area contributed by atoms with Crippen LogP contribution in [0.1, 0.15) is 6.42 Å². The van der Waals surface area contributed by atoms with Crippen LogP contribution < -0.4 is 0 Å². The molecule has 1 rings (SSSR count). The number of carboxylic acids is 1. The van der Waals surface area contributed by atoms with E-state index in [4.69, 9.17) is 16.7 Å².